The highest BCUT2D eigenvalue weighted by Gasteiger charge is 2.30. The highest BCUT2D eigenvalue weighted by molar-refractivity contribution is 5.80. The van der Waals surface area contributed by atoms with Gasteiger partial charge in [-0.2, -0.15) is 0 Å². The molecule has 0 aromatic rings. The van der Waals surface area contributed by atoms with Crippen molar-refractivity contribution in [1.82, 2.24) is 10.2 Å². The van der Waals surface area contributed by atoms with Gasteiger partial charge in [-0.25, -0.2) is 0 Å². The fraction of sp³-hybridized carbons (Fsp3) is 0.867. The topological polar surface area (TPSA) is 78.9 Å². The van der Waals surface area contributed by atoms with E-state index in [9.17, 15) is 9.59 Å². The predicted octanol–water partition coefficient (Wildman–Crippen LogP) is 0.857. The quantitative estimate of drug-likeness (QED) is 0.804. The molecule has 2 N–H and O–H groups in total. The minimum Gasteiger partial charge on any atom is -0.481 e. The van der Waals surface area contributed by atoms with E-state index in [1.165, 1.54) is 12.8 Å². The summed E-state index contributed by atoms with van der Waals surface area (Å²) in [7, 11) is 0. The van der Waals surface area contributed by atoms with Crippen LogP contribution in [0.4, 0.5) is 0 Å². The third-order valence-corrected chi connectivity index (χ3v) is 4.32. The molecule has 6 nitrogen and oxygen atoms in total. The minimum absolute atomic E-state index is 0.0364. The Balaban J connectivity index is 1.83. The molecule has 120 valence electrons. The van der Waals surface area contributed by atoms with Gasteiger partial charge in [0.1, 0.15) is 6.10 Å². The maximum Gasteiger partial charge on any atom is 0.307 e. The number of likely N-dealkylation sites (tertiary alicyclic amines) is 1. The molecule has 2 rings (SSSR count). The molecule has 0 aliphatic carbocycles. The summed E-state index contributed by atoms with van der Waals surface area (Å²) in [5.74, 6) is -1.19. The van der Waals surface area contributed by atoms with Gasteiger partial charge in [-0.1, -0.05) is 12.8 Å². The molecule has 3 atom stereocenters. The zero-order valence-electron chi connectivity index (χ0n) is 12.7. The molecular weight excluding hydrogens is 272 g/mol. The maximum atomic E-state index is 12.4. The molecule has 0 aromatic carbocycles. The van der Waals surface area contributed by atoms with Gasteiger partial charge in [-0.05, 0) is 26.2 Å². The van der Waals surface area contributed by atoms with Crippen molar-refractivity contribution in [2.45, 2.75) is 51.2 Å². The van der Waals surface area contributed by atoms with E-state index in [1.54, 1.807) is 6.92 Å². The second-order valence-corrected chi connectivity index (χ2v) is 6.07. The average molecular weight is 298 g/mol. The van der Waals surface area contributed by atoms with E-state index in [4.69, 9.17) is 9.84 Å². The number of rotatable bonds is 4. The van der Waals surface area contributed by atoms with Crippen LogP contribution >= 0.6 is 0 Å². The number of carboxylic acid groups (broad SMARTS) is 1. The van der Waals surface area contributed by atoms with Crippen LogP contribution in [0.25, 0.3) is 0 Å². The van der Waals surface area contributed by atoms with Gasteiger partial charge in [0.05, 0.1) is 12.0 Å². The molecule has 3 unspecified atom stereocenters. The van der Waals surface area contributed by atoms with Crippen LogP contribution in [0.5, 0.6) is 0 Å². The molecule has 0 bridgehead atoms. The summed E-state index contributed by atoms with van der Waals surface area (Å²) in [6.07, 6.45) is 4.26. The predicted molar refractivity (Wildman–Crippen MR) is 78.0 cm³/mol. The first kappa shape index (κ1) is 16.2. The minimum atomic E-state index is -0.803. The summed E-state index contributed by atoms with van der Waals surface area (Å²) in [6.45, 7) is 4.49. The van der Waals surface area contributed by atoms with Gasteiger partial charge in [0.2, 0.25) is 0 Å². The molecule has 6 heteroatoms. The van der Waals surface area contributed by atoms with E-state index < -0.39 is 18.0 Å². The van der Waals surface area contributed by atoms with Crippen LogP contribution < -0.4 is 5.32 Å². The zero-order valence-corrected chi connectivity index (χ0v) is 12.7. The average Bonchev–Trinajstić information content (AvgIpc) is 2.75. The molecule has 2 saturated heterocycles. The number of aliphatic carboxylic acids is 1. The fourth-order valence-corrected chi connectivity index (χ4v) is 3.09. The summed E-state index contributed by atoms with van der Waals surface area (Å²) in [6, 6.07) is 0. The lowest BCUT2D eigenvalue weighted by atomic mass is 9.97. The van der Waals surface area contributed by atoms with Crippen molar-refractivity contribution in [2.75, 3.05) is 26.2 Å². The number of nitrogens with zero attached hydrogens (tertiary/aromatic N) is 1. The normalized spacial score (nSPS) is 28.7. The standard InChI is InChI=1S/C15H26N2O4/c1-11(14(18)17-6-4-2-3-5-7-17)21-13-8-12(15(19)20)9-16-10-13/h11-13,16H,2-10H2,1H3,(H,19,20). The van der Waals surface area contributed by atoms with Gasteiger partial charge in [0.15, 0.2) is 0 Å². The monoisotopic (exact) mass is 298 g/mol. The number of piperidine rings is 1. The van der Waals surface area contributed by atoms with Crippen LogP contribution in [0.1, 0.15) is 39.0 Å². The van der Waals surface area contributed by atoms with E-state index in [1.807, 2.05) is 4.90 Å². The summed E-state index contributed by atoms with van der Waals surface area (Å²) < 4.78 is 5.81. The van der Waals surface area contributed by atoms with Crippen LogP contribution in [0.2, 0.25) is 0 Å². The Labute approximate surface area is 125 Å². The lowest BCUT2D eigenvalue weighted by Crippen LogP contribution is -2.47. The van der Waals surface area contributed by atoms with Crippen LogP contribution in [0, 0.1) is 5.92 Å². The number of hydrogen-bond donors (Lipinski definition) is 2. The molecule has 0 radical (unpaired) electrons. The third-order valence-electron chi connectivity index (χ3n) is 4.32. The molecule has 21 heavy (non-hydrogen) atoms. The van der Waals surface area contributed by atoms with Crippen LogP contribution in [0.15, 0.2) is 0 Å². The summed E-state index contributed by atoms with van der Waals surface area (Å²) in [5, 5.41) is 12.1. The number of carboxylic acids is 1. The van der Waals surface area contributed by atoms with Gasteiger partial charge in [0, 0.05) is 26.2 Å². The van der Waals surface area contributed by atoms with Crippen molar-refractivity contribution < 1.29 is 19.4 Å². The first-order chi connectivity index (χ1) is 10.1. The molecular formula is C15H26N2O4. The Hall–Kier alpha value is -1.14. The number of hydrogen-bond acceptors (Lipinski definition) is 4. The summed E-state index contributed by atoms with van der Waals surface area (Å²) in [4.78, 5) is 25.3. The Morgan fingerprint density at radius 2 is 1.86 bits per heavy atom. The van der Waals surface area contributed by atoms with Gasteiger partial charge < -0.3 is 20.1 Å². The highest BCUT2D eigenvalue weighted by atomic mass is 16.5. The smallest absolute Gasteiger partial charge is 0.307 e. The Morgan fingerprint density at radius 1 is 1.19 bits per heavy atom. The van der Waals surface area contributed by atoms with Gasteiger partial charge >= 0.3 is 5.97 Å². The van der Waals surface area contributed by atoms with Crippen molar-refractivity contribution in [1.29, 1.82) is 0 Å². The van der Waals surface area contributed by atoms with E-state index >= 15 is 0 Å². The fourth-order valence-electron chi connectivity index (χ4n) is 3.09. The number of amides is 1. The number of carbonyl (C=O) groups is 2. The Bertz CT molecular complexity index is 367. The van der Waals surface area contributed by atoms with Crippen LogP contribution in [-0.2, 0) is 14.3 Å². The Morgan fingerprint density at radius 3 is 2.48 bits per heavy atom. The van der Waals surface area contributed by atoms with E-state index in [2.05, 4.69) is 5.32 Å². The molecule has 1 amide bonds. The van der Waals surface area contributed by atoms with Crippen molar-refractivity contribution in [3.05, 3.63) is 0 Å². The molecule has 2 aliphatic rings. The van der Waals surface area contributed by atoms with Crippen molar-refractivity contribution in [2.24, 2.45) is 5.92 Å². The van der Waals surface area contributed by atoms with Crippen molar-refractivity contribution in [3.8, 4) is 0 Å². The first-order valence-corrected chi connectivity index (χ1v) is 7.95. The largest absolute Gasteiger partial charge is 0.481 e. The van der Waals surface area contributed by atoms with Crippen LogP contribution in [-0.4, -0.2) is 60.3 Å². The van der Waals surface area contributed by atoms with Gasteiger partial charge in [0.25, 0.3) is 5.91 Å². The number of carbonyl (C=O) groups excluding carboxylic acids is 1. The second kappa shape index (κ2) is 7.75. The van der Waals surface area contributed by atoms with Gasteiger partial charge in [-0.3, -0.25) is 9.59 Å². The lowest BCUT2D eigenvalue weighted by Gasteiger charge is -2.31. The lowest BCUT2D eigenvalue weighted by molar-refractivity contribution is -0.150. The Kier molecular flexibility index (Phi) is 5.99. The first-order valence-electron chi connectivity index (χ1n) is 7.95. The SMILES string of the molecule is CC(OC1CNCC(C(=O)O)C1)C(=O)N1CCCCCC1. The maximum absolute atomic E-state index is 12.4. The van der Waals surface area contributed by atoms with E-state index in [0.717, 1.165) is 25.9 Å². The zero-order chi connectivity index (χ0) is 15.2. The van der Waals surface area contributed by atoms with Crippen LogP contribution in [0.3, 0.4) is 0 Å². The summed E-state index contributed by atoms with van der Waals surface area (Å²) >= 11 is 0. The van der Waals surface area contributed by atoms with Crippen molar-refractivity contribution >= 4 is 11.9 Å². The number of ether oxygens (including phenoxy) is 1. The third kappa shape index (κ3) is 4.68. The molecule has 0 aromatic heterocycles. The van der Waals surface area contributed by atoms with Gasteiger partial charge in [-0.15, -0.1) is 0 Å². The van der Waals surface area contributed by atoms with E-state index in [-0.39, 0.29) is 12.0 Å². The second-order valence-electron chi connectivity index (χ2n) is 6.07. The van der Waals surface area contributed by atoms with E-state index in [0.29, 0.717) is 19.5 Å². The highest BCUT2D eigenvalue weighted by Crippen LogP contribution is 2.17. The summed E-state index contributed by atoms with van der Waals surface area (Å²) in [5.41, 5.74) is 0. The molecule has 2 fully saturated rings. The molecule has 0 spiro atoms. The number of nitrogens with one attached hydrogen (secondary N) is 1. The molecule has 0 saturated carbocycles. The molecule has 2 heterocycles. The molecule has 2 aliphatic heterocycles. The van der Waals surface area contributed by atoms with Crippen molar-refractivity contribution in [3.63, 3.8) is 0 Å².